The van der Waals surface area contributed by atoms with Crippen molar-refractivity contribution < 1.29 is 12.3 Å². The summed E-state index contributed by atoms with van der Waals surface area (Å²) >= 11 is 0. The first kappa shape index (κ1) is 7.51. The van der Waals surface area contributed by atoms with Crippen LogP contribution >= 0.6 is 0 Å². The van der Waals surface area contributed by atoms with E-state index in [0.29, 0.717) is 5.69 Å². The van der Waals surface area contributed by atoms with Crippen molar-refractivity contribution in [3.63, 3.8) is 0 Å². The first-order chi connectivity index (χ1) is 8.04. The summed E-state index contributed by atoms with van der Waals surface area (Å²) < 4.78 is 21.1. The van der Waals surface area contributed by atoms with E-state index >= 15 is 0 Å². The molecule has 78 valence electrons. The Kier molecular flexibility index (Phi) is 1.71. The van der Waals surface area contributed by atoms with E-state index in [1.54, 1.807) is 24.8 Å². The molecule has 0 atom stereocenters. The zero-order valence-corrected chi connectivity index (χ0v) is 8.65. The lowest BCUT2D eigenvalue weighted by Gasteiger charge is -2.01. The molecule has 0 aliphatic carbocycles. The van der Waals surface area contributed by atoms with Crippen molar-refractivity contribution in [3.05, 3.63) is 30.0 Å². The van der Waals surface area contributed by atoms with E-state index in [4.69, 9.17) is 7.48 Å². The first-order valence-electron chi connectivity index (χ1n) is 5.72. The minimum Gasteiger partial charge on any atom is -0.497 e. The molecule has 0 saturated heterocycles. The Hall–Kier alpha value is -1.77. The van der Waals surface area contributed by atoms with Gasteiger partial charge in [-0.05, 0) is 24.3 Å². The fourth-order valence-electron chi connectivity index (χ4n) is 1.69. The van der Waals surface area contributed by atoms with Crippen LogP contribution in [0.3, 0.4) is 0 Å². The lowest BCUT2D eigenvalue weighted by Crippen LogP contribution is -2.00. The van der Waals surface area contributed by atoms with Crippen LogP contribution in [0.25, 0.3) is 10.9 Å². The molecule has 0 bridgehead atoms. The Bertz CT molecular complexity index is 575. The van der Waals surface area contributed by atoms with Gasteiger partial charge in [0.25, 0.3) is 0 Å². The fraction of sp³-hybridized carbons (Fsp3) is 0.250. The van der Waals surface area contributed by atoms with E-state index in [0.717, 1.165) is 16.7 Å². The molecule has 0 spiro atoms. The molecule has 1 aromatic heterocycles. The molecular formula is C12H13NO2. The van der Waals surface area contributed by atoms with Crippen molar-refractivity contribution in [3.8, 4) is 5.75 Å². The van der Waals surface area contributed by atoms with Gasteiger partial charge in [-0.1, -0.05) is 0 Å². The number of nitrogens with zero attached hydrogens (tertiary/aromatic N) is 1. The maximum atomic E-state index is 11.7. The summed E-state index contributed by atoms with van der Waals surface area (Å²) in [6, 6.07) is 7.19. The maximum Gasteiger partial charge on any atom is 0.176 e. The van der Waals surface area contributed by atoms with Gasteiger partial charge in [-0.15, -0.1) is 0 Å². The van der Waals surface area contributed by atoms with Gasteiger partial charge in [0.05, 0.1) is 12.8 Å². The number of ether oxygens (including phenoxy) is 1. The molecular weight excluding hydrogens is 190 g/mol. The van der Waals surface area contributed by atoms with E-state index in [9.17, 15) is 4.79 Å². The largest absolute Gasteiger partial charge is 0.497 e. The van der Waals surface area contributed by atoms with Gasteiger partial charge in [-0.2, -0.15) is 0 Å². The smallest absolute Gasteiger partial charge is 0.176 e. The van der Waals surface area contributed by atoms with Gasteiger partial charge in [0.1, 0.15) is 5.75 Å². The molecule has 2 aromatic rings. The SMILES string of the molecule is [2H]C([2H])C(=O)c1cc2cc(OC)ccc2n1C. The van der Waals surface area contributed by atoms with Crippen molar-refractivity contribution in [1.82, 2.24) is 4.57 Å². The number of aryl methyl sites for hydroxylation is 1. The first-order valence-corrected chi connectivity index (χ1v) is 4.56. The van der Waals surface area contributed by atoms with Crippen LogP contribution in [0, 0.1) is 0 Å². The minimum absolute atomic E-state index is 0.378. The highest BCUT2D eigenvalue weighted by Crippen LogP contribution is 2.23. The predicted octanol–water partition coefficient (Wildman–Crippen LogP) is 2.39. The number of aromatic nitrogens is 1. The van der Waals surface area contributed by atoms with Gasteiger partial charge in [-0.3, -0.25) is 4.79 Å². The fourth-order valence-corrected chi connectivity index (χ4v) is 1.69. The topological polar surface area (TPSA) is 31.2 Å². The average molecular weight is 205 g/mol. The molecule has 3 nitrogen and oxygen atoms in total. The van der Waals surface area contributed by atoms with Crippen LogP contribution < -0.4 is 4.74 Å². The number of rotatable bonds is 2. The molecule has 0 unspecified atom stereocenters. The van der Waals surface area contributed by atoms with Gasteiger partial charge >= 0.3 is 0 Å². The minimum atomic E-state index is -1.49. The van der Waals surface area contributed by atoms with E-state index in [1.165, 1.54) is 0 Å². The van der Waals surface area contributed by atoms with Crippen LogP contribution in [-0.4, -0.2) is 17.5 Å². The summed E-state index contributed by atoms with van der Waals surface area (Å²) in [7, 11) is 3.34. The van der Waals surface area contributed by atoms with Gasteiger partial charge in [0.2, 0.25) is 0 Å². The van der Waals surface area contributed by atoms with E-state index in [1.807, 2.05) is 18.2 Å². The van der Waals surface area contributed by atoms with E-state index in [-0.39, 0.29) is 0 Å². The van der Waals surface area contributed by atoms with Gasteiger partial charge < -0.3 is 9.30 Å². The predicted molar refractivity (Wildman–Crippen MR) is 59.5 cm³/mol. The van der Waals surface area contributed by atoms with Crippen molar-refractivity contribution in [2.24, 2.45) is 7.05 Å². The number of ketones is 1. The molecule has 0 saturated carbocycles. The number of fused-ring (bicyclic) bond motifs is 1. The highest BCUT2D eigenvalue weighted by molar-refractivity contribution is 5.98. The zero-order chi connectivity index (χ0) is 12.6. The molecule has 1 aromatic carbocycles. The molecule has 0 aliphatic rings. The van der Waals surface area contributed by atoms with E-state index < -0.39 is 12.7 Å². The van der Waals surface area contributed by atoms with Crippen molar-refractivity contribution in [1.29, 1.82) is 0 Å². The van der Waals surface area contributed by atoms with Crippen LogP contribution in [0.5, 0.6) is 5.75 Å². The van der Waals surface area contributed by atoms with Crippen molar-refractivity contribution in [2.75, 3.05) is 7.11 Å². The number of hydrogen-bond acceptors (Lipinski definition) is 2. The third-order valence-corrected chi connectivity index (χ3v) is 2.50. The van der Waals surface area contributed by atoms with Crippen LogP contribution in [0.4, 0.5) is 0 Å². The third kappa shape index (κ3) is 1.50. The zero-order valence-electron chi connectivity index (χ0n) is 10.7. The van der Waals surface area contributed by atoms with Crippen LogP contribution in [0.1, 0.15) is 20.1 Å². The normalized spacial score (nSPS) is 12.7. The monoisotopic (exact) mass is 205 g/mol. The number of carbonyl (C=O) groups is 1. The maximum absolute atomic E-state index is 11.7. The second kappa shape index (κ2) is 3.42. The second-order valence-corrected chi connectivity index (χ2v) is 3.38. The molecule has 0 aliphatic heterocycles. The number of methoxy groups -OCH3 is 1. The molecule has 0 fully saturated rings. The standard InChI is InChI=1S/C12H13NO2/c1-8(14)12-7-9-6-10(15-3)4-5-11(9)13(12)2/h4-7H,1-3H3/i1D2. The average Bonchev–Trinajstić information content (AvgIpc) is 2.65. The van der Waals surface area contributed by atoms with Crippen molar-refractivity contribution >= 4 is 16.7 Å². The summed E-state index contributed by atoms with van der Waals surface area (Å²) in [6.45, 7) is -1.49. The summed E-state index contributed by atoms with van der Waals surface area (Å²) in [6.07, 6.45) is 0. The summed E-state index contributed by atoms with van der Waals surface area (Å²) in [4.78, 5) is 11.7. The van der Waals surface area contributed by atoms with Crippen molar-refractivity contribution in [2.45, 2.75) is 6.88 Å². The Morgan fingerprint density at radius 3 is 2.93 bits per heavy atom. The lowest BCUT2D eigenvalue weighted by atomic mass is 10.2. The van der Waals surface area contributed by atoms with Gasteiger partial charge in [0, 0.05) is 27.6 Å². The summed E-state index contributed by atoms with van der Waals surface area (Å²) in [5.41, 5.74) is 1.26. The molecule has 2 rings (SSSR count). The van der Waals surface area contributed by atoms with Crippen LogP contribution in [0.15, 0.2) is 24.3 Å². The summed E-state index contributed by atoms with van der Waals surface area (Å²) in [5.74, 6) is 0.220. The van der Waals surface area contributed by atoms with Gasteiger partial charge in [-0.25, -0.2) is 0 Å². The quantitative estimate of drug-likeness (QED) is 0.705. The second-order valence-electron chi connectivity index (χ2n) is 3.38. The highest BCUT2D eigenvalue weighted by Gasteiger charge is 2.09. The molecule has 0 amide bonds. The molecule has 15 heavy (non-hydrogen) atoms. The molecule has 1 heterocycles. The Morgan fingerprint density at radius 1 is 1.47 bits per heavy atom. The van der Waals surface area contributed by atoms with Crippen LogP contribution in [0.2, 0.25) is 0 Å². The number of benzene rings is 1. The Balaban J connectivity index is 2.60. The molecule has 0 N–H and O–H groups in total. The highest BCUT2D eigenvalue weighted by atomic mass is 16.5. The lowest BCUT2D eigenvalue weighted by molar-refractivity contribution is 0.101. The number of Topliss-reactive ketones (excluding diaryl/α,β-unsaturated/α-hetero) is 1. The third-order valence-electron chi connectivity index (χ3n) is 2.50. The Morgan fingerprint density at radius 2 is 2.27 bits per heavy atom. The summed E-state index contributed by atoms with van der Waals surface area (Å²) in [5, 5.41) is 0.871. The van der Waals surface area contributed by atoms with E-state index in [2.05, 4.69) is 0 Å². The number of carbonyl (C=O) groups excluding carboxylic acids is 1. The van der Waals surface area contributed by atoms with Gasteiger partial charge in [0.15, 0.2) is 5.78 Å². The molecule has 0 radical (unpaired) electrons. The Labute approximate surface area is 91.1 Å². The molecule has 3 heteroatoms. The number of hydrogen-bond donors (Lipinski definition) is 0. The van der Waals surface area contributed by atoms with Crippen LogP contribution in [-0.2, 0) is 7.05 Å².